The van der Waals surface area contributed by atoms with Crippen molar-refractivity contribution >= 4 is 10.2 Å². The van der Waals surface area contributed by atoms with Gasteiger partial charge in [-0.3, -0.25) is 0 Å². The molecule has 0 bridgehead atoms. The minimum absolute atomic E-state index is 0.607. The summed E-state index contributed by atoms with van der Waals surface area (Å²) in [6.07, 6.45) is 4.11. The van der Waals surface area contributed by atoms with E-state index in [1.165, 1.54) is 6.42 Å². The van der Waals surface area contributed by atoms with Crippen LogP contribution in [-0.2, 0) is 10.2 Å². The molecular formula is C12H25N3O2S. The number of piperidine rings is 1. The van der Waals surface area contributed by atoms with E-state index in [0.717, 1.165) is 32.4 Å². The third-order valence-electron chi connectivity index (χ3n) is 4.10. The first-order valence-electron chi connectivity index (χ1n) is 7.10. The minimum atomic E-state index is -3.21. The zero-order chi connectivity index (χ0) is 13.0. The Hall–Kier alpha value is -0.170. The van der Waals surface area contributed by atoms with Crippen molar-refractivity contribution in [3.05, 3.63) is 0 Å². The Morgan fingerprint density at radius 2 is 1.72 bits per heavy atom. The number of hydrogen-bond acceptors (Lipinski definition) is 3. The number of nitrogens with zero attached hydrogens (tertiary/aromatic N) is 2. The summed E-state index contributed by atoms with van der Waals surface area (Å²) in [6.45, 7) is 6.54. The first kappa shape index (κ1) is 14.2. The number of hydrogen-bond donors (Lipinski definition) is 1. The Balaban J connectivity index is 1.97. The van der Waals surface area contributed by atoms with E-state index in [4.69, 9.17) is 0 Å². The molecule has 0 saturated carbocycles. The van der Waals surface area contributed by atoms with Gasteiger partial charge in [0.15, 0.2) is 0 Å². The summed E-state index contributed by atoms with van der Waals surface area (Å²) in [4.78, 5) is 0. The van der Waals surface area contributed by atoms with Crippen molar-refractivity contribution < 1.29 is 8.42 Å². The maximum atomic E-state index is 12.5. The maximum absolute atomic E-state index is 12.5. The maximum Gasteiger partial charge on any atom is 0.282 e. The van der Waals surface area contributed by atoms with Gasteiger partial charge in [0.05, 0.1) is 0 Å². The fourth-order valence-electron chi connectivity index (χ4n) is 2.76. The van der Waals surface area contributed by atoms with Crippen LogP contribution in [0.3, 0.4) is 0 Å². The highest BCUT2D eigenvalue weighted by molar-refractivity contribution is 7.86. The SMILES string of the molecule is CCC1CCN(S(=O)(=O)N2CCCNCC2)CC1. The van der Waals surface area contributed by atoms with Crippen molar-refractivity contribution in [2.24, 2.45) is 5.92 Å². The third kappa shape index (κ3) is 3.23. The zero-order valence-electron chi connectivity index (χ0n) is 11.3. The highest BCUT2D eigenvalue weighted by Crippen LogP contribution is 2.23. The van der Waals surface area contributed by atoms with Crippen molar-refractivity contribution in [2.75, 3.05) is 39.3 Å². The molecule has 2 aliphatic heterocycles. The average molecular weight is 275 g/mol. The van der Waals surface area contributed by atoms with E-state index in [1.54, 1.807) is 8.61 Å². The topological polar surface area (TPSA) is 52.7 Å². The van der Waals surface area contributed by atoms with E-state index in [2.05, 4.69) is 12.2 Å². The predicted octanol–water partition coefficient (Wildman–Crippen LogP) is 0.649. The molecule has 5 nitrogen and oxygen atoms in total. The molecule has 2 fully saturated rings. The van der Waals surface area contributed by atoms with Crippen LogP contribution in [0, 0.1) is 5.92 Å². The molecule has 0 aliphatic carbocycles. The molecule has 1 N–H and O–H groups in total. The lowest BCUT2D eigenvalue weighted by molar-refractivity contribution is 0.251. The Bertz CT molecular complexity index is 342. The van der Waals surface area contributed by atoms with Crippen LogP contribution in [0.1, 0.15) is 32.6 Å². The molecule has 2 heterocycles. The molecule has 0 aromatic heterocycles. The smallest absolute Gasteiger partial charge is 0.282 e. The lowest BCUT2D eigenvalue weighted by atomic mass is 9.96. The molecule has 0 aromatic carbocycles. The summed E-state index contributed by atoms with van der Waals surface area (Å²) >= 11 is 0. The Morgan fingerprint density at radius 3 is 2.39 bits per heavy atom. The Morgan fingerprint density at radius 1 is 1.06 bits per heavy atom. The van der Waals surface area contributed by atoms with Crippen LogP contribution in [0.15, 0.2) is 0 Å². The van der Waals surface area contributed by atoms with Crippen LogP contribution in [-0.4, -0.2) is 56.3 Å². The van der Waals surface area contributed by atoms with Crippen LogP contribution in [0.5, 0.6) is 0 Å². The quantitative estimate of drug-likeness (QED) is 0.823. The second-order valence-electron chi connectivity index (χ2n) is 5.26. The summed E-state index contributed by atoms with van der Waals surface area (Å²) < 4.78 is 28.4. The van der Waals surface area contributed by atoms with Gasteiger partial charge in [-0.1, -0.05) is 13.3 Å². The van der Waals surface area contributed by atoms with Crippen LogP contribution < -0.4 is 5.32 Å². The number of nitrogens with one attached hydrogen (secondary N) is 1. The largest absolute Gasteiger partial charge is 0.315 e. The molecule has 0 spiro atoms. The first-order valence-corrected chi connectivity index (χ1v) is 8.50. The van der Waals surface area contributed by atoms with Gasteiger partial charge in [-0.25, -0.2) is 0 Å². The Labute approximate surface area is 111 Å². The molecule has 0 atom stereocenters. The minimum Gasteiger partial charge on any atom is -0.315 e. The molecular weight excluding hydrogens is 250 g/mol. The first-order chi connectivity index (χ1) is 8.64. The van der Waals surface area contributed by atoms with E-state index in [9.17, 15) is 8.42 Å². The van der Waals surface area contributed by atoms with E-state index < -0.39 is 10.2 Å². The van der Waals surface area contributed by atoms with Gasteiger partial charge in [0.2, 0.25) is 0 Å². The van der Waals surface area contributed by atoms with Gasteiger partial charge >= 0.3 is 0 Å². The molecule has 6 heteroatoms. The molecule has 18 heavy (non-hydrogen) atoms. The van der Waals surface area contributed by atoms with E-state index in [0.29, 0.717) is 32.1 Å². The normalized spacial score (nSPS) is 26.1. The lowest BCUT2D eigenvalue weighted by Crippen LogP contribution is -2.48. The summed E-state index contributed by atoms with van der Waals surface area (Å²) in [7, 11) is -3.21. The molecule has 0 aromatic rings. The van der Waals surface area contributed by atoms with Crippen molar-refractivity contribution in [3.8, 4) is 0 Å². The zero-order valence-corrected chi connectivity index (χ0v) is 12.1. The van der Waals surface area contributed by atoms with Gasteiger partial charge in [-0.15, -0.1) is 0 Å². The van der Waals surface area contributed by atoms with Gasteiger partial charge < -0.3 is 5.32 Å². The summed E-state index contributed by atoms with van der Waals surface area (Å²) in [5, 5.41) is 3.24. The molecule has 2 rings (SSSR count). The van der Waals surface area contributed by atoms with Gasteiger partial charge in [0.25, 0.3) is 10.2 Å². The second kappa shape index (κ2) is 6.32. The van der Waals surface area contributed by atoms with Gasteiger partial charge in [0.1, 0.15) is 0 Å². The van der Waals surface area contributed by atoms with Crippen LogP contribution in [0.2, 0.25) is 0 Å². The fourth-order valence-corrected chi connectivity index (χ4v) is 4.44. The van der Waals surface area contributed by atoms with E-state index >= 15 is 0 Å². The number of rotatable bonds is 3. The van der Waals surface area contributed by atoms with Crippen molar-refractivity contribution in [1.82, 2.24) is 13.9 Å². The van der Waals surface area contributed by atoms with Gasteiger partial charge in [0, 0.05) is 32.7 Å². The van der Waals surface area contributed by atoms with Crippen molar-refractivity contribution in [2.45, 2.75) is 32.6 Å². The molecule has 2 aliphatic rings. The van der Waals surface area contributed by atoms with Gasteiger partial charge in [-0.2, -0.15) is 17.0 Å². The highest BCUT2D eigenvalue weighted by Gasteiger charge is 2.32. The average Bonchev–Trinajstić information content (AvgIpc) is 2.68. The summed E-state index contributed by atoms with van der Waals surface area (Å²) in [6, 6.07) is 0. The van der Waals surface area contributed by atoms with Gasteiger partial charge in [-0.05, 0) is 31.7 Å². The summed E-state index contributed by atoms with van der Waals surface area (Å²) in [5.41, 5.74) is 0. The summed E-state index contributed by atoms with van der Waals surface area (Å²) in [5.74, 6) is 0.710. The highest BCUT2D eigenvalue weighted by atomic mass is 32.2. The monoisotopic (exact) mass is 275 g/mol. The van der Waals surface area contributed by atoms with Crippen LogP contribution in [0.25, 0.3) is 0 Å². The van der Waals surface area contributed by atoms with Crippen molar-refractivity contribution in [3.63, 3.8) is 0 Å². The predicted molar refractivity (Wildman–Crippen MR) is 72.6 cm³/mol. The van der Waals surface area contributed by atoms with Crippen LogP contribution in [0.4, 0.5) is 0 Å². The third-order valence-corrected chi connectivity index (χ3v) is 6.14. The second-order valence-corrected chi connectivity index (χ2v) is 7.19. The van der Waals surface area contributed by atoms with Crippen molar-refractivity contribution in [1.29, 1.82) is 0 Å². The molecule has 106 valence electrons. The lowest BCUT2D eigenvalue weighted by Gasteiger charge is -2.34. The van der Waals surface area contributed by atoms with Crippen LogP contribution >= 0.6 is 0 Å². The van der Waals surface area contributed by atoms with E-state index in [-0.39, 0.29) is 0 Å². The van der Waals surface area contributed by atoms with E-state index in [1.807, 2.05) is 0 Å². The molecule has 0 amide bonds. The molecule has 2 saturated heterocycles. The Kier molecular flexibility index (Phi) is 5.00. The molecule has 0 radical (unpaired) electrons. The standard InChI is InChI=1S/C12H25N3O2S/c1-2-12-4-9-15(10-5-12)18(16,17)14-8-3-6-13-7-11-14/h12-13H,2-11H2,1H3. The molecule has 0 unspecified atom stereocenters. The fraction of sp³-hybridized carbons (Fsp3) is 1.00.